The van der Waals surface area contributed by atoms with Crippen LogP contribution in [0.15, 0.2) is 30.0 Å². The van der Waals surface area contributed by atoms with E-state index >= 15 is 0 Å². The molecule has 2 aromatic carbocycles. The SMILES string of the molecule is CCCCCCCCS(=O)(=O)NCCC(=O)Nc1cc2c(cc1C1=C([O-])/C(=c3/cc4c(cc3NC(=O)CCNS(=O)(=O)CCCCCCCC)=[N+](C(C)C)C(C)C4(C)C)C1=O)C(C)(C)C(C)N2C(C)C. The number of hydrogen-bond acceptors (Lipinski definition) is 9. The van der Waals surface area contributed by atoms with Crippen molar-refractivity contribution in [2.45, 2.75) is 208 Å². The number of fused-ring (bicyclic) bond motifs is 2. The summed E-state index contributed by atoms with van der Waals surface area (Å²) in [6.45, 7) is 25.1. The van der Waals surface area contributed by atoms with Crippen LogP contribution < -0.4 is 45.2 Å². The lowest BCUT2D eigenvalue weighted by molar-refractivity contribution is -0.292. The topological polar surface area (TPSA) is 197 Å². The van der Waals surface area contributed by atoms with Gasteiger partial charge in [-0.05, 0) is 92.0 Å². The lowest BCUT2D eigenvalue weighted by Gasteiger charge is -2.34. The van der Waals surface area contributed by atoms with Crippen LogP contribution in [0, 0.1) is 0 Å². The van der Waals surface area contributed by atoms with Crippen LogP contribution in [0.4, 0.5) is 17.1 Å². The number of rotatable bonds is 27. The van der Waals surface area contributed by atoms with Gasteiger partial charge in [0, 0.05) is 82.7 Å². The van der Waals surface area contributed by atoms with E-state index in [1.54, 1.807) is 0 Å². The number of unbranched alkanes of at least 4 members (excludes halogenated alkanes) is 10. The summed E-state index contributed by atoms with van der Waals surface area (Å²) in [7, 11) is -7.18. The molecule has 14 nitrogen and oxygen atoms in total. The highest BCUT2D eigenvalue weighted by atomic mass is 32.2. The van der Waals surface area contributed by atoms with Crippen molar-refractivity contribution in [3.05, 3.63) is 57.3 Å². The largest absolute Gasteiger partial charge is 0.871 e. The van der Waals surface area contributed by atoms with E-state index < -0.39 is 54.2 Å². The van der Waals surface area contributed by atoms with E-state index in [1.807, 2.05) is 24.3 Å². The summed E-state index contributed by atoms with van der Waals surface area (Å²) < 4.78 is 58.6. The van der Waals surface area contributed by atoms with E-state index in [0.717, 1.165) is 86.4 Å². The first kappa shape index (κ1) is 56.8. The zero-order valence-electron chi connectivity index (χ0n) is 44.3. The van der Waals surface area contributed by atoms with Gasteiger partial charge in [-0.15, -0.1) is 0 Å². The van der Waals surface area contributed by atoms with Crippen molar-refractivity contribution >= 4 is 65.9 Å². The number of anilines is 3. The number of nitrogens with zero attached hydrogens (tertiary/aromatic N) is 2. The van der Waals surface area contributed by atoms with Gasteiger partial charge in [0.05, 0.1) is 28.3 Å². The van der Waals surface area contributed by atoms with Gasteiger partial charge in [-0.25, -0.2) is 30.9 Å². The summed E-state index contributed by atoms with van der Waals surface area (Å²) in [5.41, 5.74) is 2.54. The van der Waals surface area contributed by atoms with Gasteiger partial charge in [-0.2, -0.15) is 0 Å². The first-order chi connectivity index (χ1) is 32.8. The minimum absolute atomic E-state index is 0.0148. The summed E-state index contributed by atoms with van der Waals surface area (Å²) in [6, 6.07) is 7.59. The Labute approximate surface area is 419 Å². The maximum Gasteiger partial charge on any atom is 0.225 e. The molecule has 3 aliphatic rings. The third kappa shape index (κ3) is 12.9. The zero-order valence-corrected chi connectivity index (χ0v) is 46.0. The van der Waals surface area contributed by atoms with Crippen LogP contribution >= 0.6 is 0 Å². The Kier molecular flexibility index (Phi) is 19.2. The number of sulfonamides is 2. The molecule has 1 aliphatic carbocycles. The highest BCUT2D eigenvalue weighted by Gasteiger charge is 2.47. The van der Waals surface area contributed by atoms with E-state index in [9.17, 15) is 36.3 Å². The van der Waals surface area contributed by atoms with Gasteiger partial charge in [0.1, 0.15) is 6.04 Å². The lowest BCUT2D eigenvalue weighted by atomic mass is 9.76. The van der Waals surface area contributed by atoms with E-state index in [0.29, 0.717) is 12.8 Å². The maximum atomic E-state index is 14.8. The van der Waals surface area contributed by atoms with Crippen LogP contribution in [-0.4, -0.2) is 83.2 Å². The van der Waals surface area contributed by atoms with Gasteiger partial charge >= 0.3 is 0 Å². The van der Waals surface area contributed by atoms with Crippen molar-refractivity contribution in [2.75, 3.05) is 40.1 Å². The third-order valence-electron chi connectivity index (χ3n) is 15.1. The van der Waals surface area contributed by atoms with E-state index in [2.05, 4.69) is 113 Å². The molecule has 2 unspecified atom stereocenters. The predicted molar refractivity (Wildman–Crippen MR) is 283 cm³/mol. The number of Topliss-reactive ketones (excluding diaryl/α,β-unsaturated/α-hetero) is 1. The van der Waals surface area contributed by atoms with Gasteiger partial charge < -0.3 is 20.6 Å². The number of amides is 2. The van der Waals surface area contributed by atoms with Crippen molar-refractivity contribution < 1.29 is 36.3 Å². The fourth-order valence-corrected chi connectivity index (χ4v) is 12.8. The second-order valence-electron chi connectivity index (χ2n) is 21.6. The van der Waals surface area contributed by atoms with Crippen LogP contribution in [0.1, 0.15) is 190 Å². The monoisotopic (exact) mass is 1010 g/mol. The first-order valence-electron chi connectivity index (χ1n) is 26.1. The quantitative estimate of drug-likeness (QED) is 0.0545. The normalized spacial score (nSPS) is 19.3. The number of benzene rings is 2. The number of hydrogen-bond donors (Lipinski definition) is 4. The van der Waals surface area contributed by atoms with Crippen molar-refractivity contribution in [3.8, 4) is 0 Å². The molecular weight excluding hydrogens is 925 g/mol. The number of allylic oxidation sites excluding steroid dienone is 2. The maximum absolute atomic E-state index is 14.8. The molecule has 2 heterocycles. The highest BCUT2D eigenvalue weighted by molar-refractivity contribution is 7.89. The molecule has 0 saturated heterocycles. The van der Waals surface area contributed by atoms with Crippen LogP contribution in [0.5, 0.6) is 0 Å². The molecule has 5 rings (SSSR count). The average molecular weight is 1010 g/mol. The summed E-state index contributed by atoms with van der Waals surface area (Å²) in [4.78, 5) is 44.5. The minimum atomic E-state index is -3.59. The molecule has 390 valence electrons. The predicted octanol–water partition coefficient (Wildman–Crippen LogP) is 6.88. The van der Waals surface area contributed by atoms with E-state index in [-0.39, 0.29) is 94.9 Å². The Morgan fingerprint density at radius 3 is 1.67 bits per heavy atom. The molecule has 2 aromatic rings. The average Bonchev–Trinajstić information content (AvgIpc) is 3.58. The Balaban J connectivity index is 1.52. The highest BCUT2D eigenvalue weighted by Crippen LogP contribution is 2.50. The molecular formula is C54H84N6O8S2. The molecule has 0 radical (unpaired) electrons. The smallest absolute Gasteiger partial charge is 0.225 e. The Morgan fingerprint density at radius 2 is 1.19 bits per heavy atom. The molecule has 2 aliphatic heterocycles. The number of carbonyl (C=O) groups is 3. The minimum Gasteiger partial charge on any atom is -0.871 e. The van der Waals surface area contributed by atoms with Crippen LogP contribution in [0.25, 0.3) is 11.1 Å². The number of nitrogens with one attached hydrogen (secondary N) is 4. The molecule has 70 heavy (non-hydrogen) atoms. The molecule has 0 fully saturated rings. The van der Waals surface area contributed by atoms with Crippen molar-refractivity contribution in [1.29, 1.82) is 0 Å². The number of ketones is 1. The van der Waals surface area contributed by atoms with Gasteiger partial charge in [-0.1, -0.05) is 97.7 Å². The van der Waals surface area contributed by atoms with Crippen LogP contribution in [-0.2, 0) is 45.3 Å². The molecule has 0 bridgehead atoms. The Morgan fingerprint density at radius 1 is 0.686 bits per heavy atom. The van der Waals surface area contributed by atoms with Crippen LogP contribution in [0.2, 0.25) is 0 Å². The summed E-state index contributed by atoms with van der Waals surface area (Å²) in [6.07, 6.45) is 11.0. The fraction of sp³-hybridized carbons (Fsp3) is 0.667. The summed E-state index contributed by atoms with van der Waals surface area (Å²) in [5, 5.41) is 21.9. The van der Waals surface area contributed by atoms with Gasteiger partial charge in [0.15, 0.2) is 11.8 Å². The Hall–Kier alpha value is -4.12. The summed E-state index contributed by atoms with van der Waals surface area (Å²) in [5.74, 6) is -2.05. The van der Waals surface area contributed by atoms with Crippen molar-refractivity contribution in [2.24, 2.45) is 0 Å². The van der Waals surface area contributed by atoms with E-state index in [4.69, 9.17) is 0 Å². The second kappa shape index (κ2) is 23.6. The molecule has 4 N–H and O–H groups in total. The zero-order chi connectivity index (χ0) is 51.9. The fourth-order valence-electron chi connectivity index (χ4n) is 10.5. The summed E-state index contributed by atoms with van der Waals surface area (Å²) >= 11 is 0. The molecule has 0 saturated carbocycles. The lowest BCUT2D eigenvalue weighted by Crippen LogP contribution is -2.42. The number of carbonyl (C=O) groups excluding carboxylic acids is 3. The van der Waals surface area contributed by atoms with Crippen molar-refractivity contribution in [1.82, 2.24) is 14.0 Å². The van der Waals surface area contributed by atoms with Crippen molar-refractivity contribution in [3.63, 3.8) is 0 Å². The molecule has 2 amide bonds. The van der Waals surface area contributed by atoms with Gasteiger partial charge in [0.25, 0.3) is 0 Å². The Bertz CT molecular complexity index is 2650. The first-order valence-corrected chi connectivity index (χ1v) is 29.4. The third-order valence-corrected chi connectivity index (χ3v) is 18.1. The van der Waals surface area contributed by atoms with E-state index in [1.165, 1.54) is 0 Å². The van der Waals surface area contributed by atoms with Gasteiger partial charge in [-0.3, -0.25) is 14.4 Å². The van der Waals surface area contributed by atoms with Gasteiger partial charge in [0.2, 0.25) is 37.2 Å². The van der Waals surface area contributed by atoms with Crippen LogP contribution in [0.3, 0.4) is 0 Å². The molecule has 16 heteroatoms. The standard InChI is InChI=1S/C54H84N6O8S2/c1-13-15-17-19-21-23-29-69(65,66)55-27-25-47(61)57-43-33-45-41(53(9,10)37(7)59(45)35(3)4)31-39(43)49-51(63)50(52(49)64)40-32-42-46(60(36(5)6)38(8)54(42,11)12)34-44(40)58-48(62)26-28-56-70(67,68)30-24-22-20-18-16-14-2/h31-38,55-56H,13-30H2,1-12H3,(H2,57,58,61,62,63,64). The second-order valence-corrected chi connectivity index (χ2v) is 25.4. The molecule has 0 spiro atoms. The molecule has 2 atom stereocenters. The molecule has 0 aromatic heterocycles.